The molecule has 2 fully saturated rings. The van der Waals surface area contributed by atoms with E-state index in [1.807, 2.05) is 41.3 Å². The molecule has 1 amide bonds. The molecule has 3 unspecified atom stereocenters. The first kappa shape index (κ1) is 19.8. The molecule has 2 heterocycles. The van der Waals surface area contributed by atoms with Gasteiger partial charge in [-0.25, -0.2) is 0 Å². The van der Waals surface area contributed by atoms with Crippen LogP contribution in [0.1, 0.15) is 29.2 Å². The average Bonchev–Trinajstić information content (AvgIpc) is 3.43. The van der Waals surface area contributed by atoms with E-state index in [1.165, 1.54) is 5.39 Å². The summed E-state index contributed by atoms with van der Waals surface area (Å²) in [5.74, 6) is 2.75. The second-order valence-electron chi connectivity index (χ2n) is 7.94. The Labute approximate surface area is 176 Å². The Morgan fingerprint density at radius 3 is 2.72 bits per heavy atom. The standard InChI is InChI=1S/C23H24N2O3.ClH/c24-21-9-6-17-12-25(13-20(17)21)23(26)22-10-8-19(28-22)14-27-18-7-5-15-3-1-2-4-16(15)11-18;/h1-5,7-8,10-11,17,20-21H,6,9,12-14,24H2;1H. The summed E-state index contributed by atoms with van der Waals surface area (Å²) in [6.45, 7) is 1.83. The van der Waals surface area contributed by atoms with Crippen molar-refractivity contribution in [1.82, 2.24) is 4.90 Å². The number of carbonyl (C=O) groups excluding carboxylic acids is 1. The second kappa shape index (κ2) is 8.09. The van der Waals surface area contributed by atoms with Gasteiger partial charge in [-0.15, -0.1) is 12.4 Å². The van der Waals surface area contributed by atoms with Crippen molar-refractivity contribution < 1.29 is 13.9 Å². The van der Waals surface area contributed by atoms with E-state index in [2.05, 4.69) is 12.1 Å². The van der Waals surface area contributed by atoms with Gasteiger partial charge in [0.1, 0.15) is 18.1 Å². The van der Waals surface area contributed by atoms with Crippen LogP contribution in [-0.4, -0.2) is 29.9 Å². The summed E-state index contributed by atoms with van der Waals surface area (Å²) in [4.78, 5) is 14.7. The Balaban J connectivity index is 0.00000205. The summed E-state index contributed by atoms with van der Waals surface area (Å²) in [7, 11) is 0. The molecule has 5 nitrogen and oxygen atoms in total. The first-order valence-corrected chi connectivity index (χ1v) is 9.92. The van der Waals surface area contributed by atoms with Crippen LogP contribution in [0.15, 0.2) is 59.0 Å². The highest BCUT2D eigenvalue weighted by Crippen LogP contribution is 2.37. The summed E-state index contributed by atoms with van der Waals surface area (Å²) in [5, 5.41) is 2.31. The number of nitrogens with zero attached hydrogens (tertiary/aromatic N) is 1. The number of nitrogens with two attached hydrogens (primary N) is 1. The van der Waals surface area contributed by atoms with Crippen LogP contribution in [0.5, 0.6) is 5.75 Å². The van der Waals surface area contributed by atoms with Gasteiger partial charge in [-0.1, -0.05) is 30.3 Å². The third kappa shape index (κ3) is 3.85. The van der Waals surface area contributed by atoms with Gasteiger partial charge >= 0.3 is 0 Å². The van der Waals surface area contributed by atoms with Crippen LogP contribution < -0.4 is 10.5 Å². The number of halogens is 1. The number of carbonyl (C=O) groups is 1. The first-order chi connectivity index (χ1) is 13.7. The van der Waals surface area contributed by atoms with Gasteiger partial charge in [0, 0.05) is 19.1 Å². The molecule has 2 aliphatic rings. The molecular weight excluding hydrogens is 388 g/mol. The van der Waals surface area contributed by atoms with Gasteiger partial charge < -0.3 is 19.8 Å². The lowest BCUT2D eigenvalue weighted by Crippen LogP contribution is -2.33. The molecule has 0 spiro atoms. The molecule has 1 saturated carbocycles. The molecule has 6 heteroatoms. The van der Waals surface area contributed by atoms with Gasteiger partial charge in [-0.05, 0) is 59.7 Å². The smallest absolute Gasteiger partial charge is 0.289 e. The highest BCUT2D eigenvalue weighted by Gasteiger charge is 2.43. The van der Waals surface area contributed by atoms with E-state index in [-0.39, 0.29) is 24.4 Å². The van der Waals surface area contributed by atoms with E-state index in [4.69, 9.17) is 14.9 Å². The zero-order chi connectivity index (χ0) is 19.1. The fourth-order valence-corrected chi connectivity index (χ4v) is 4.61. The molecule has 0 bridgehead atoms. The van der Waals surface area contributed by atoms with Gasteiger partial charge in [0.2, 0.25) is 0 Å². The first-order valence-electron chi connectivity index (χ1n) is 9.92. The maximum Gasteiger partial charge on any atom is 0.289 e. The lowest BCUT2D eigenvalue weighted by atomic mass is 9.98. The largest absolute Gasteiger partial charge is 0.486 e. The third-order valence-corrected chi connectivity index (χ3v) is 6.17. The number of hydrogen-bond acceptors (Lipinski definition) is 4. The normalized spacial score (nSPS) is 23.1. The van der Waals surface area contributed by atoms with Gasteiger partial charge in [0.25, 0.3) is 5.91 Å². The molecule has 29 heavy (non-hydrogen) atoms. The van der Waals surface area contributed by atoms with Crippen LogP contribution >= 0.6 is 12.4 Å². The Hall–Kier alpha value is -2.50. The highest BCUT2D eigenvalue weighted by atomic mass is 35.5. The van der Waals surface area contributed by atoms with Crippen LogP contribution in [0.2, 0.25) is 0 Å². The van der Waals surface area contributed by atoms with Crippen molar-refractivity contribution in [3.63, 3.8) is 0 Å². The van der Waals surface area contributed by atoms with Crippen molar-refractivity contribution in [2.45, 2.75) is 25.5 Å². The molecule has 152 valence electrons. The second-order valence-corrected chi connectivity index (χ2v) is 7.94. The number of rotatable bonds is 4. The van der Waals surface area contributed by atoms with E-state index < -0.39 is 0 Å². The average molecular weight is 413 g/mol. The Kier molecular flexibility index (Phi) is 5.52. The topological polar surface area (TPSA) is 68.7 Å². The van der Waals surface area contributed by atoms with Gasteiger partial charge in [-0.3, -0.25) is 4.79 Å². The van der Waals surface area contributed by atoms with E-state index in [0.717, 1.165) is 37.1 Å². The van der Waals surface area contributed by atoms with Crippen molar-refractivity contribution >= 4 is 29.1 Å². The predicted octanol–water partition coefficient (Wildman–Crippen LogP) is 4.24. The van der Waals surface area contributed by atoms with Crippen molar-refractivity contribution in [1.29, 1.82) is 0 Å². The lowest BCUT2D eigenvalue weighted by Gasteiger charge is -2.17. The number of ether oxygens (including phenoxy) is 1. The quantitative estimate of drug-likeness (QED) is 0.695. The van der Waals surface area contributed by atoms with Crippen LogP contribution in [0.25, 0.3) is 10.8 Å². The van der Waals surface area contributed by atoms with E-state index in [0.29, 0.717) is 30.0 Å². The Morgan fingerprint density at radius 1 is 1.07 bits per heavy atom. The van der Waals surface area contributed by atoms with E-state index >= 15 is 0 Å². The minimum absolute atomic E-state index is 0. The van der Waals surface area contributed by atoms with Gasteiger partial charge in [-0.2, -0.15) is 0 Å². The Bertz CT molecular complexity index is 1020. The van der Waals surface area contributed by atoms with Crippen LogP contribution in [0.3, 0.4) is 0 Å². The van der Waals surface area contributed by atoms with Gasteiger partial charge in [0.15, 0.2) is 5.76 Å². The Morgan fingerprint density at radius 2 is 1.90 bits per heavy atom. The van der Waals surface area contributed by atoms with Crippen molar-refractivity contribution in [2.75, 3.05) is 13.1 Å². The summed E-state index contributed by atoms with van der Waals surface area (Å²) >= 11 is 0. The fraction of sp³-hybridized carbons (Fsp3) is 0.348. The van der Waals surface area contributed by atoms with Gasteiger partial charge in [0.05, 0.1) is 0 Å². The summed E-state index contributed by atoms with van der Waals surface area (Å²) in [6, 6.07) is 17.9. The number of likely N-dealkylation sites (tertiary alicyclic amines) is 1. The highest BCUT2D eigenvalue weighted by molar-refractivity contribution is 5.91. The molecule has 3 atom stereocenters. The zero-order valence-corrected chi connectivity index (χ0v) is 16.9. The minimum Gasteiger partial charge on any atom is -0.486 e. The molecular formula is C23H25ClN2O3. The van der Waals surface area contributed by atoms with Crippen molar-refractivity contribution in [2.24, 2.45) is 17.6 Å². The SMILES string of the molecule is Cl.NC1CCC2CN(C(=O)c3ccc(COc4ccc5ccccc5c4)o3)CC12. The van der Waals surface area contributed by atoms with E-state index in [9.17, 15) is 4.79 Å². The molecule has 5 rings (SSSR count). The number of fused-ring (bicyclic) bond motifs is 2. The summed E-state index contributed by atoms with van der Waals surface area (Å²) in [6.07, 6.45) is 2.20. The molecule has 0 radical (unpaired) electrons. The van der Waals surface area contributed by atoms with Crippen molar-refractivity contribution in [3.8, 4) is 5.75 Å². The summed E-state index contributed by atoms with van der Waals surface area (Å²) < 4.78 is 11.6. The minimum atomic E-state index is -0.0430. The maximum absolute atomic E-state index is 12.8. The third-order valence-electron chi connectivity index (χ3n) is 6.17. The molecule has 1 aromatic heterocycles. The van der Waals surface area contributed by atoms with Crippen LogP contribution in [0.4, 0.5) is 0 Å². The van der Waals surface area contributed by atoms with Crippen molar-refractivity contribution in [3.05, 3.63) is 66.1 Å². The number of amides is 1. The number of furan rings is 1. The molecule has 1 aliphatic heterocycles. The maximum atomic E-state index is 12.8. The molecule has 3 aromatic rings. The molecule has 2 N–H and O–H groups in total. The predicted molar refractivity (Wildman–Crippen MR) is 114 cm³/mol. The zero-order valence-electron chi connectivity index (χ0n) is 16.1. The monoisotopic (exact) mass is 412 g/mol. The lowest BCUT2D eigenvalue weighted by molar-refractivity contribution is 0.0743. The fourth-order valence-electron chi connectivity index (χ4n) is 4.61. The van der Waals surface area contributed by atoms with Crippen LogP contribution in [0, 0.1) is 11.8 Å². The summed E-state index contributed by atoms with van der Waals surface area (Å²) in [5.41, 5.74) is 6.18. The molecule has 1 aliphatic carbocycles. The number of benzene rings is 2. The molecule has 1 saturated heterocycles. The van der Waals surface area contributed by atoms with Crippen LogP contribution in [-0.2, 0) is 6.61 Å². The number of hydrogen-bond donors (Lipinski definition) is 1. The molecule has 2 aromatic carbocycles. The van der Waals surface area contributed by atoms with E-state index in [1.54, 1.807) is 6.07 Å².